The van der Waals surface area contributed by atoms with E-state index >= 15 is 0 Å². The third-order valence-corrected chi connectivity index (χ3v) is 3.09. The number of ether oxygens (including phenoxy) is 1. The van der Waals surface area contributed by atoms with Gasteiger partial charge in [-0.05, 0) is 44.2 Å². The predicted molar refractivity (Wildman–Crippen MR) is 80.7 cm³/mol. The first kappa shape index (κ1) is 15.5. The minimum atomic E-state index is -0.284. The van der Waals surface area contributed by atoms with Gasteiger partial charge in [-0.2, -0.15) is 5.10 Å². The second-order valence-electron chi connectivity index (χ2n) is 5.25. The van der Waals surface area contributed by atoms with E-state index in [0.717, 1.165) is 17.8 Å². The van der Waals surface area contributed by atoms with Gasteiger partial charge in [0.2, 0.25) is 0 Å². The van der Waals surface area contributed by atoms with Crippen molar-refractivity contribution in [3.05, 3.63) is 47.5 Å². The largest absolute Gasteiger partial charge is 0.487 e. The molecule has 0 unspecified atom stereocenters. The summed E-state index contributed by atoms with van der Waals surface area (Å²) in [6.07, 6.45) is 1.92. The van der Waals surface area contributed by atoms with Crippen LogP contribution >= 0.6 is 0 Å². The molecule has 2 aromatic rings. The molecule has 2 rings (SSSR count). The molecule has 0 aliphatic carbocycles. The lowest BCUT2D eigenvalue weighted by atomic mass is 10.2. The standard InChI is InChI=1S/C16H22FN3O/c1-4-18-10-13-7-14(17)9-16(8-13)21-11-15-5-6-20(19-15)12(2)3/h5-9,12,18H,4,10-11H2,1-3H3. The fourth-order valence-corrected chi connectivity index (χ4v) is 1.97. The molecule has 0 radical (unpaired) electrons. The quantitative estimate of drug-likeness (QED) is 0.851. The Bertz CT molecular complexity index is 581. The lowest BCUT2D eigenvalue weighted by Crippen LogP contribution is -2.12. The zero-order valence-electron chi connectivity index (χ0n) is 12.8. The van der Waals surface area contributed by atoms with Gasteiger partial charge in [0.1, 0.15) is 18.2 Å². The van der Waals surface area contributed by atoms with Gasteiger partial charge in [0, 0.05) is 24.8 Å². The molecule has 1 N–H and O–H groups in total. The summed E-state index contributed by atoms with van der Waals surface area (Å²) in [5, 5.41) is 7.58. The maximum atomic E-state index is 13.6. The van der Waals surface area contributed by atoms with E-state index in [0.29, 0.717) is 24.9 Å². The summed E-state index contributed by atoms with van der Waals surface area (Å²) in [6.45, 7) is 7.96. The van der Waals surface area contributed by atoms with Gasteiger partial charge in [-0.25, -0.2) is 4.39 Å². The maximum absolute atomic E-state index is 13.6. The van der Waals surface area contributed by atoms with Crippen molar-refractivity contribution in [1.29, 1.82) is 0 Å². The van der Waals surface area contributed by atoms with Crippen molar-refractivity contribution in [2.24, 2.45) is 0 Å². The van der Waals surface area contributed by atoms with E-state index in [9.17, 15) is 4.39 Å². The normalized spacial score (nSPS) is 11.1. The van der Waals surface area contributed by atoms with E-state index in [2.05, 4.69) is 24.3 Å². The highest BCUT2D eigenvalue weighted by Gasteiger charge is 2.05. The van der Waals surface area contributed by atoms with Crippen LogP contribution in [0.25, 0.3) is 0 Å². The average molecular weight is 291 g/mol. The van der Waals surface area contributed by atoms with Gasteiger partial charge < -0.3 is 10.1 Å². The van der Waals surface area contributed by atoms with Gasteiger partial charge in [0.15, 0.2) is 0 Å². The number of aromatic nitrogens is 2. The molecule has 0 bridgehead atoms. The first-order valence-corrected chi connectivity index (χ1v) is 7.25. The Morgan fingerprint density at radius 2 is 2.14 bits per heavy atom. The van der Waals surface area contributed by atoms with Gasteiger partial charge in [-0.3, -0.25) is 4.68 Å². The molecule has 0 saturated carbocycles. The van der Waals surface area contributed by atoms with Crippen LogP contribution < -0.4 is 10.1 Å². The van der Waals surface area contributed by atoms with Crippen LogP contribution in [0.5, 0.6) is 5.75 Å². The molecule has 0 saturated heterocycles. The molecule has 1 heterocycles. The maximum Gasteiger partial charge on any atom is 0.132 e. The number of nitrogens with one attached hydrogen (secondary N) is 1. The molecule has 5 heteroatoms. The van der Waals surface area contributed by atoms with Gasteiger partial charge in [-0.15, -0.1) is 0 Å². The predicted octanol–water partition coefficient (Wildman–Crippen LogP) is 3.29. The Labute approximate surface area is 124 Å². The highest BCUT2D eigenvalue weighted by atomic mass is 19.1. The smallest absolute Gasteiger partial charge is 0.132 e. The number of hydrogen-bond donors (Lipinski definition) is 1. The van der Waals surface area contributed by atoms with Gasteiger partial charge in [-0.1, -0.05) is 6.92 Å². The van der Waals surface area contributed by atoms with Crippen molar-refractivity contribution in [2.75, 3.05) is 6.54 Å². The highest BCUT2D eigenvalue weighted by Crippen LogP contribution is 2.18. The fourth-order valence-electron chi connectivity index (χ4n) is 1.97. The van der Waals surface area contributed by atoms with Crippen LogP contribution in [0.4, 0.5) is 4.39 Å². The van der Waals surface area contributed by atoms with E-state index < -0.39 is 0 Å². The molecule has 4 nitrogen and oxygen atoms in total. The Hall–Kier alpha value is -1.88. The summed E-state index contributed by atoms with van der Waals surface area (Å²) in [6, 6.07) is 7.00. The molecule has 0 fully saturated rings. The molecule has 21 heavy (non-hydrogen) atoms. The molecule has 0 aliphatic heterocycles. The molecule has 1 aromatic carbocycles. The highest BCUT2D eigenvalue weighted by molar-refractivity contribution is 5.29. The number of benzene rings is 1. The summed E-state index contributed by atoms with van der Waals surface area (Å²) in [4.78, 5) is 0. The summed E-state index contributed by atoms with van der Waals surface area (Å²) in [5.41, 5.74) is 1.71. The molecule has 0 atom stereocenters. The zero-order chi connectivity index (χ0) is 15.2. The number of hydrogen-bond acceptors (Lipinski definition) is 3. The van der Waals surface area contributed by atoms with E-state index in [1.807, 2.05) is 29.9 Å². The van der Waals surface area contributed by atoms with Crippen molar-refractivity contribution < 1.29 is 9.13 Å². The lowest BCUT2D eigenvalue weighted by molar-refractivity contribution is 0.297. The monoisotopic (exact) mass is 291 g/mol. The van der Waals surface area contributed by atoms with E-state index in [1.165, 1.54) is 12.1 Å². The van der Waals surface area contributed by atoms with Crippen molar-refractivity contribution in [1.82, 2.24) is 15.1 Å². The first-order chi connectivity index (χ1) is 10.1. The van der Waals surface area contributed by atoms with Crippen molar-refractivity contribution >= 4 is 0 Å². The van der Waals surface area contributed by atoms with Crippen molar-refractivity contribution in [3.8, 4) is 5.75 Å². The average Bonchev–Trinajstić information content (AvgIpc) is 2.91. The molecule has 0 spiro atoms. The van der Waals surface area contributed by atoms with Crippen LogP contribution in [-0.4, -0.2) is 16.3 Å². The van der Waals surface area contributed by atoms with Crippen molar-refractivity contribution in [3.63, 3.8) is 0 Å². The summed E-state index contributed by atoms with van der Waals surface area (Å²) >= 11 is 0. The summed E-state index contributed by atoms with van der Waals surface area (Å²) in [5.74, 6) is 0.245. The molecular formula is C16H22FN3O. The topological polar surface area (TPSA) is 39.1 Å². The second kappa shape index (κ2) is 7.22. The van der Waals surface area contributed by atoms with Crippen LogP contribution in [0.2, 0.25) is 0 Å². The third kappa shape index (κ3) is 4.56. The summed E-state index contributed by atoms with van der Waals surface area (Å²) in [7, 11) is 0. The van der Waals surface area contributed by atoms with Crippen LogP contribution in [-0.2, 0) is 13.2 Å². The number of rotatable bonds is 7. The van der Waals surface area contributed by atoms with Gasteiger partial charge in [0.25, 0.3) is 0 Å². The Kier molecular flexibility index (Phi) is 5.33. The molecule has 114 valence electrons. The Morgan fingerprint density at radius 1 is 1.33 bits per heavy atom. The fraction of sp³-hybridized carbons (Fsp3) is 0.438. The summed E-state index contributed by atoms with van der Waals surface area (Å²) < 4.78 is 21.1. The zero-order valence-corrected chi connectivity index (χ0v) is 12.8. The molecule has 0 aliphatic rings. The van der Waals surface area contributed by atoms with Gasteiger partial charge >= 0.3 is 0 Å². The van der Waals surface area contributed by atoms with Crippen LogP contribution in [0.1, 0.15) is 38.1 Å². The molecule has 1 aromatic heterocycles. The van der Waals surface area contributed by atoms with E-state index in [4.69, 9.17) is 4.74 Å². The van der Waals surface area contributed by atoms with Crippen molar-refractivity contribution in [2.45, 2.75) is 40.0 Å². The van der Waals surface area contributed by atoms with Crippen LogP contribution in [0.3, 0.4) is 0 Å². The number of halogens is 1. The van der Waals surface area contributed by atoms with E-state index in [1.54, 1.807) is 0 Å². The number of nitrogens with zero attached hydrogens (tertiary/aromatic N) is 2. The molecular weight excluding hydrogens is 269 g/mol. The second-order valence-corrected chi connectivity index (χ2v) is 5.25. The Morgan fingerprint density at radius 3 is 2.81 bits per heavy atom. The Balaban J connectivity index is 1.99. The third-order valence-electron chi connectivity index (χ3n) is 3.09. The SMILES string of the molecule is CCNCc1cc(F)cc(OCc2ccn(C(C)C)n2)c1. The van der Waals surface area contributed by atoms with Crippen LogP contribution in [0, 0.1) is 5.82 Å². The first-order valence-electron chi connectivity index (χ1n) is 7.25. The lowest BCUT2D eigenvalue weighted by Gasteiger charge is -2.08. The minimum Gasteiger partial charge on any atom is -0.487 e. The minimum absolute atomic E-state index is 0.284. The van der Waals surface area contributed by atoms with E-state index in [-0.39, 0.29) is 5.82 Å². The van der Waals surface area contributed by atoms with Gasteiger partial charge in [0.05, 0.1) is 5.69 Å². The molecule has 0 amide bonds. The van der Waals surface area contributed by atoms with Crippen LogP contribution in [0.15, 0.2) is 30.5 Å².